The van der Waals surface area contributed by atoms with Gasteiger partial charge < -0.3 is 14.8 Å². The fourth-order valence-corrected chi connectivity index (χ4v) is 2.83. The van der Waals surface area contributed by atoms with Crippen LogP contribution in [-0.4, -0.2) is 33.1 Å². The molecule has 0 radical (unpaired) electrons. The molecule has 0 unspecified atom stereocenters. The van der Waals surface area contributed by atoms with E-state index in [4.69, 9.17) is 0 Å². The Morgan fingerprint density at radius 2 is 2.17 bits per heavy atom. The summed E-state index contributed by atoms with van der Waals surface area (Å²) >= 11 is 0. The molecule has 122 valence electrons. The van der Waals surface area contributed by atoms with Gasteiger partial charge in [-0.05, 0) is 31.2 Å². The van der Waals surface area contributed by atoms with Crippen molar-refractivity contribution >= 4 is 6.03 Å². The second-order valence-corrected chi connectivity index (χ2v) is 6.22. The lowest BCUT2D eigenvalue weighted by Gasteiger charge is -2.29. The average Bonchev–Trinajstić information content (AvgIpc) is 3.30. The normalized spacial score (nSPS) is 15.2. The van der Waals surface area contributed by atoms with Gasteiger partial charge in [0, 0.05) is 38.1 Å². The van der Waals surface area contributed by atoms with Crippen LogP contribution in [0, 0.1) is 5.92 Å². The van der Waals surface area contributed by atoms with Gasteiger partial charge in [-0.1, -0.05) is 30.3 Å². The number of nitrogens with one attached hydrogen (secondary N) is 1. The van der Waals surface area contributed by atoms with E-state index in [0.717, 1.165) is 6.54 Å². The molecule has 0 aliphatic heterocycles. The molecule has 1 aromatic heterocycles. The summed E-state index contributed by atoms with van der Waals surface area (Å²) in [6.07, 6.45) is 7.88. The van der Waals surface area contributed by atoms with Crippen molar-refractivity contribution < 1.29 is 4.79 Å². The van der Waals surface area contributed by atoms with E-state index in [1.807, 2.05) is 33.9 Å². The van der Waals surface area contributed by atoms with E-state index >= 15 is 0 Å². The second kappa shape index (κ2) is 7.31. The lowest BCUT2D eigenvalue weighted by atomic mass is 10.1. The predicted molar refractivity (Wildman–Crippen MR) is 89.8 cm³/mol. The number of hydrogen-bond acceptors (Lipinski definition) is 2. The van der Waals surface area contributed by atoms with Crippen LogP contribution in [0.4, 0.5) is 4.79 Å². The maximum atomic E-state index is 12.6. The summed E-state index contributed by atoms with van der Waals surface area (Å²) in [7, 11) is 0. The molecule has 0 spiro atoms. The Bertz CT molecular complexity index is 607. The Morgan fingerprint density at radius 3 is 2.83 bits per heavy atom. The number of urea groups is 1. The molecule has 1 aliphatic rings. The number of amides is 2. The first-order chi connectivity index (χ1) is 11.2. The van der Waals surface area contributed by atoms with Crippen LogP contribution in [0.25, 0.3) is 0 Å². The molecule has 0 saturated heterocycles. The van der Waals surface area contributed by atoms with E-state index in [0.29, 0.717) is 19.0 Å². The minimum Gasteiger partial charge on any atom is -0.336 e. The maximum Gasteiger partial charge on any atom is 0.318 e. The van der Waals surface area contributed by atoms with Crippen LogP contribution in [0.15, 0.2) is 49.1 Å². The van der Waals surface area contributed by atoms with Gasteiger partial charge in [-0.2, -0.15) is 0 Å². The number of benzene rings is 1. The van der Waals surface area contributed by atoms with Crippen molar-refractivity contribution in [2.75, 3.05) is 6.54 Å². The topological polar surface area (TPSA) is 50.2 Å². The van der Waals surface area contributed by atoms with Crippen molar-refractivity contribution in [1.82, 2.24) is 19.8 Å². The minimum absolute atomic E-state index is 0.0216. The number of rotatable bonds is 7. The Morgan fingerprint density at radius 1 is 1.39 bits per heavy atom. The molecule has 1 aliphatic carbocycles. The fraction of sp³-hybridized carbons (Fsp3) is 0.444. The molecule has 1 heterocycles. The molecule has 5 heteroatoms. The first kappa shape index (κ1) is 15.6. The van der Waals surface area contributed by atoms with Gasteiger partial charge in [0.05, 0.1) is 6.33 Å². The molecule has 0 bridgehead atoms. The molecule has 1 fully saturated rings. The van der Waals surface area contributed by atoms with Gasteiger partial charge in [0.15, 0.2) is 0 Å². The van der Waals surface area contributed by atoms with E-state index in [9.17, 15) is 4.79 Å². The molecule has 2 aromatic rings. The number of imidazole rings is 1. The lowest BCUT2D eigenvalue weighted by Crippen LogP contribution is -2.46. The van der Waals surface area contributed by atoms with Crippen LogP contribution in [0.5, 0.6) is 0 Å². The highest BCUT2D eigenvalue weighted by Crippen LogP contribution is 2.35. The highest BCUT2D eigenvalue weighted by molar-refractivity contribution is 5.74. The average molecular weight is 312 g/mol. The van der Waals surface area contributed by atoms with E-state index < -0.39 is 0 Å². The van der Waals surface area contributed by atoms with Gasteiger partial charge in [-0.15, -0.1) is 0 Å². The quantitative estimate of drug-likeness (QED) is 0.854. The molecule has 1 atom stereocenters. The number of carbonyl (C=O) groups excluding carboxylic acids is 1. The highest BCUT2D eigenvalue weighted by Gasteiger charge is 2.34. The summed E-state index contributed by atoms with van der Waals surface area (Å²) in [4.78, 5) is 18.6. The van der Waals surface area contributed by atoms with Crippen molar-refractivity contribution in [2.45, 2.75) is 38.9 Å². The van der Waals surface area contributed by atoms with Crippen molar-refractivity contribution in [2.24, 2.45) is 5.92 Å². The van der Waals surface area contributed by atoms with Crippen molar-refractivity contribution in [3.8, 4) is 0 Å². The van der Waals surface area contributed by atoms with Gasteiger partial charge >= 0.3 is 6.03 Å². The third-order valence-electron chi connectivity index (χ3n) is 4.46. The Hall–Kier alpha value is -2.30. The van der Waals surface area contributed by atoms with Crippen LogP contribution in [0.3, 0.4) is 0 Å². The summed E-state index contributed by atoms with van der Waals surface area (Å²) in [5, 5.41) is 3.04. The monoisotopic (exact) mass is 312 g/mol. The zero-order chi connectivity index (χ0) is 16.1. The summed E-state index contributed by atoms with van der Waals surface area (Å²) in [5.41, 5.74) is 1.17. The van der Waals surface area contributed by atoms with E-state index in [-0.39, 0.29) is 12.1 Å². The van der Waals surface area contributed by atoms with E-state index in [1.54, 1.807) is 12.5 Å². The molecule has 23 heavy (non-hydrogen) atoms. The molecule has 2 amide bonds. The largest absolute Gasteiger partial charge is 0.336 e. The third kappa shape index (κ3) is 4.34. The highest BCUT2D eigenvalue weighted by atomic mass is 16.2. The third-order valence-corrected chi connectivity index (χ3v) is 4.46. The van der Waals surface area contributed by atoms with Crippen molar-refractivity contribution in [3.63, 3.8) is 0 Å². The van der Waals surface area contributed by atoms with Crippen LogP contribution < -0.4 is 5.32 Å². The van der Waals surface area contributed by atoms with E-state index in [1.165, 1.54) is 18.4 Å². The van der Waals surface area contributed by atoms with Crippen LogP contribution in [-0.2, 0) is 13.1 Å². The number of aromatic nitrogens is 2. The Labute approximate surface area is 137 Å². The van der Waals surface area contributed by atoms with Gasteiger partial charge in [0.25, 0.3) is 0 Å². The zero-order valence-electron chi connectivity index (χ0n) is 13.6. The number of carbonyl (C=O) groups is 1. The minimum atomic E-state index is 0.0216. The smallest absolute Gasteiger partial charge is 0.318 e. The SMILES string of the molecule is C[C@H](C1CC1)N(Cc1ccccc1)C(=O)NCCn1ccnc1. The summed E-state index contributed by atoms with van der Waals surface area (Å²) < 4.78 is 1.96. The molecule has 1 aromatic carbocycles. The number of hydrogen-bond donors (Lipinski definition) is 1. The van der Waals surface area contributed by atoms with Crippen molar-refractivity contribution in [1.29, 1.82) is 0 Å². The van der Waals surface area contributed by atoms with Gasteiger partial charge in [0.1, 0.15) is 0 Å². The molecule has 5 nitrogen and oxygen atoms in total. The maximum absolute atomic E-state index is 12.6. The predicted octanol–water partition coefficient (Wildman–Crippen LogP) is 2.89. The number of nitrogens with zero attached hydrogens (tertiary/aromatic N) is 3. The van der Waals surface area contributed by atoms with Crippen LogP contribution in [0.1, 0.15) is 25.3 Å². The van der Waals surface area contributed by atoms with Crippen LogP contribution >= 0.6 is 0 Å². The fourth-order valence-electron chi connectivity index (χ4n) is 2.83. The van der Waals surface area contributed by atoms with Gasteiger partial charge in [-0.3, -0.25) is 0 Å². The molecule has 1 saturated carbocycles. The first-order valence-electron chi connectivity index (χ1n) is 8.28. The molecule has 3 rings (SSSR count). The molecule has 1 N–H and O–H groups in total. The molecular weight excluding hydrogens is 288 g/mol. The Kier molecular flexibility index (Phi) is 4.95. The Balaban J connectivity index is 1.58. The summed E-state index contributed by atoms with van der Waals surface area (Å²) in [5.74, 6) is 0.651. The van der Waals surface area contributed by atoms with E-state index in [2.05, 4.69) is 29.4 Å². The standard InChI is InChI=1S/C18H24N4O/c1-15(17-7-8-17)22(13-16-5-3-2-4-6-16)18(23)20-10-12-21-11-9-19-14-21/h2-6,9,11,14-15,17H,7-8,10,12-13H2,1H3,(H,20,23)/t15-/m1/s1. The zero-order valence-corrected chi connectivity index (χ0v) is 13.6. The summed E-state index contributed by atoms with van der Waals surface area (Å²) in [6, 6.07) is 10.5. The van der Waals surface area contributed by atoms with Crippen LogP contribution in [0.2, 0.25) is 0 Å². The lowest BCUT2D eigenvalue weighted by molar-refractivity contribution is 0.167. The van der Waals surface area contributed by atoms with Gasteiger partial charge in [-0.25, -0.2) is 9.78 Å². The van der Waals surface area contributed by atoms with Gasteiger partial charge in [0.2, 0.25) is 0 Å². The second-order valence-electron chi connectivity index (χ2n) is 6.22. The molecular formula is C18H24N4O. The summed E-state index contributed by atoms with van der Waals surface area (Å²) in [6.45, 7) is 4.17. The van der Waals surface area contributed by atoms with Crippen molar-refractivity contribution in [3.05, 3.63) is 54.6 Å². The first-order valence-corrected chi connectivity index (χ1v) is 8.28.